The van der Waals surface area contributed by atoms with Crippen LogP contribution >= 0.6 is 24.8 Å². The molecule has 0 aliphatic rings. The molecule has 0 bridgehead atoms. The second kappa shape index (κ2) is 12.0. The first-order valence-corrected chi connectivity index (χ1v) is 11.0. The van der Waals surface area contributed by atoms with Gasteiger partial charge in [-0.05, 0) is 72.8 Å². The number of rotatable bonds is 6. The van der Waals surface area contributed by atoms with Gasteiger partial charge in [0.1, 0.15) is 11.6 Å². The Balaban J connectivity index is 0.00000200. The molecule has 2 aromatic heterocycles. The number of hydrogen-bond acceptors (Lipinski definition) is 9. The van der Waals surface area contributed by atoms with Gasteiger partial charge in [0.2, 0.25) is 5.95 Å². The Hall–Kier alpha value is -4.80. The molecule has 0 radical (unpaired) electrons. The van der Waals surface area contributed by atoms with E-state index in [0.717, 1.165) is 28.0 Å². The van der Waals surface area contributed by atoms with Crippen molar-refractivity contribution >= 4 is 87.6 Å². The summed E-state index contributed by atoms with van der Waals surface area (Å²) in [6.07, 6.45) is 1.74. The molecule has 5 aromatic rings. The topological polar surface area (TPSA) is 170 Å². The minimum Gasteiger partial charge on any atom is -0.399 e. The molecular weight excluding hydrogens is 525 g/mol. The Kier molecular flexibility index (Phi) is 8.74. The monoisotopic (exact) mass is 549 g/mol. The second-order valence-corrected chi connectivity index (χ2v) is 8.03. The summed E-state index contributed by atoms with van der Waals surface area (Å²) in [5.74, 6) is 0.581. The first kappa shape index (κ1) is 27.8. The summed E-state index contributed by atoms with van der Waals surface area (Å²) >= 11 is 0. The van der Waals surface area contributed by atoms with E-state index >= 15 is 0 Å². The van der Waals surface area contributed by atoms with E-state index in [2.05, 4.69) is 30.9 Å². The van der Waals surface area contributed by atoms with Gasteiger partial charge < -0.3 is 33.2 Å². The molecule has 9 N–H and O–H groups in total. The van der Waals surface area contributed by atoms with Crippen molar-refractivity contribution in [3.8, 4) is 0 Å². The molecule has 0 aliphatic carbocycles. The van der Waals surface area contributed by atoms with Crippen LogP contribution in [0.25, 0.3) is 10.9 Å². The molecule has 10 nitrogen and oxygen atoms in total. The van der Waals surface area contributed by atoms with E-state index in [1.54, 1.807) is 36.5 Å². The van der Waals surface area contributed by atoms with Crippen LogP contribution in [0.2, 0.25) is 0 Å². The standard InChI is InChI=1S/C26H23N9O.2ClH/c27-16-3-10-21-20(13-16)22(11-12-30-21)31-17-6-8-19(9-7-17)33-25(36)15-1-4-18(5-2-15)32-24-14-23(28)34-26(29)35-24;;/h1-14H,27H2,(H,30,31)(H,33,36)(H5,28,29,32,34,35);2*1H. The van der Waals surface area contributed by atoms with E-state index in [4.69, 9.17) is 17.2 Å². The average Bonchev–Trinajstić information content (AvgIpc) is 2.85. The van der Waals surface area contributed by atoms with Crippen molar-refractivity contribution in [3.05, 3.63) is 90.6 Å². The summed E-state index contributed by atoms with van der Waals surface area (Å²) in [5.41, 5.74) is 22.4. The number of carbonyl (C=O) groups excluding carboxylic acids is 1. The lowest BCUT2D eigenvalue weighted by atomic mass is 10.1. The third kappa shape index (κ3) is 6.49. The fourth-order valence-corrected chi connectivity index (χ4v) is 3.67. The molecule has 38 heavy (non-hydrogen) atoms. The summed E-state index contributed by atoms with van der Waals surface area (Å²) in [7, 11) is 0. The number of hydrogen-bond donors (Lipinski definition) is 6. The highest BCUT2D eigenvalue weighted by molar-refractivity contribution is 6.04. The molecule has 0 fully saturated rings. The van der Waals surface area contributed by atoms with Crippen molar-refractivity contribution in [2.24, 2.45) is 0 Å². The van der Waals surface area contributed by atoms with E-state index in [0.29, 0.717) is 22.8 Å². The van der Waals surface area contributed by atoms with Crippen LogP contribution in [0, 0.1) is 0 Å². The molecular formula is C26H25Cl2N9O. The highest BCUT2D eigenvalue weighted by atomic mass is 35.5. The number of halogens is 2. The predicted octanol–water partition coefficient (Wildman–Crippen LogP) is 5.35. The number of nitrogens with one attached hydrogen (secondary N) is 3. The van der Waals surface area contributed by atoms with Gasteiger partial charge in [0.05, 0.1) is 5.52 Å². The van der Waals surface area contributed by atoms with Gasteiger partial charge in [-0.1, -0.05) is 0 Å². The van der Waals surface area contributed by atoms with Crippen molar-refractivity contribution in [2.75, 3.05) is 33.2 Å². The lowest BCUT2D eigenvalue weighted by Gasteiger charge is -2.11. The summed E-state index contributed by atoms with van der Waals surface area (Å²) in [6, 6.07) is 23.5. The van der Waals surface area contributed by atoms with Crippen LogP contribution in [0.3, 0.4) is 0 Å². The second-order valence-electron chi connectivity index (χ2n) is 8.03. The molecule has 2 heterocycles. The number of anilines is 8. The van der Waals surface area contributed by atoms with Gasteiger partial charge in [0, 0.05) is 51.6 Å². The molecule has 0 aliphatic heterocycles. The maximum Gasteiger partial charge on any atom is 0.255 e. The Morgan fingerprint density at radius 2 is 1.37 bits per heavy atom. The number of aromatic nitrogens is 3. The zero-order chi connectivity index (χ0) is 25.1. The van der Waals surface area contributed by atoms with Crippen molar-refractivity contribution in [1.82, 2.24) is 15.0 Å². The van der Waals surface area contributed by atoms with Gasteiger partial charge in [-0.3, -0.25) is 9.78 Å². The van der Waals surface area contributed by atoms with Crippen LogP contribution in [0.15, 0.2) is 85.1 Å². The Morgan fingerprint density at radius 3 is 2.08 bits per heavy atom. The third-order valence-electron chi connectivity index (χ3n) is 5.37. The molecule has 0 spiro atoms. The normalized spacial score (nSPS) is 10.1. The number of pyridine rings is 1. The number of amides is 1. The number of nitrogens with two attached hydrogens (primary N) is 3. The SMILES string of the molecule is Cl.Cl.Nc1ccc2nccc(Nc3ccc(NC(=O)c4ccc(Nc5cc(N)nc(N)n5)cc4)cc3)c2c1. The molecule has 194 valence electrons. The van der Waals surface area contributed by atoms with Gasteiger partial charge in [0.25, 0.3) is 5.91 Å². The van der Waals surface area contributed by atoms with Crippen molar-refractivity contribution in [3.63, 3.8) is 0 Å². The predicted molar refractivity (Wildman–Crippen MR) is 159 cm³/mol. The Labute approximate surface area is 230 Å². The van der Waals surface area contributed by atoms with Crippen LogP contribution in [0.5, 0.6) is 0 Å². The van der Waals surface area contributed by atoms with Gasteiger partial charge in [-0.25, -0.2) is 0 Å². The molecule has 3 aromatic carbocycles. The fraction of sp³-hybridized carbons (Fsp3) is 0. The number of nitrogens with zero attached hydrogens (tertiary/aromatic N) is 3. The maximum atomic E-state index is 12.7. The van der Waals surface area contributed by atoms with E-state index in [9.17, 15) is 4.79 Å². The fourth-order valence-electron chi connectivity index (χ4n) is 3.67. The molecule has 0 saturated heterocycles. The van der Waals surface area contributed by atoms with Crippen LogP contribution in [-0.2, 0) is 0 Å². The average molecular weight is 550 g/mol. The molecule has 0 atom stereocenters. The largest absolute Gasteiger partial charge is 0.399 e. The molecule has 1 amide bonds. The summed E-state index contributed by atoms with van der Waals surface area (Å²) in [5, 5.41) is 10.3. The maximum absolute atomic E-state index is 12.7. The highest BCUT2D eigenvalue weighted by Gasteiger charge is 2.08. The number of nitrogen functional groups attached to an aromatic ring is 3. The zero-order valence-electron chi connectivity index (χ0n) is 19.9. The molecule has 5 rings (SSSR count). The van der Waals surface area contributed by atoms with E-state index in [-0.39, 0.29) is 42.5 Å². The summed E-state index contributed by atoms with van der Waals surface area (Å²) < 4.78 is 0. The lowest BCUT2D eigenvalue weighted by Crippen LogP contribution is -2.11. The van der Waals surface area contributed by atoms with Crippen LogP contribution in [0.1, 0.15) is 10.4 Å². The Bertz CT molecular complexity index is 1540. The number of benzene rings is 3. The van der Waals surface area contributed by atoms with E-state index in [1.165, 1.54) is 0 Å². The Morgan fingerprint density at radius 1 is 0.711 bits per heavy atom. The minimum atomic E-state index is -0.228. The first-order valence-electron chi connectivity index (χ1n) is 11.0. The van der Waals surface area contributed by atoms with Gasteiger partial charge in [0.15, 0.2) is 0 Å². The van der Waals surface area contributed by atoms with E-state index < -0.39 is 0 Å². The summed E-state index contributed by atoms with van der Waals surface area (Å²) in [6.45, 7) is 0. The minimum absolute atomic E-state index is 0. The summed E-state index contributed by atoms with van der Waals surface area (Å²) in [4.78, 5) is 25.0. The molecule has 0 unspecified atom stereocenters. The van der Waals surface area contributed by atoms with Gasteiger partial charge in [-0.15, -0.1) is 24.8 Å². The first-order chi connectivity index (χ1) is 17.4. The lowest BCUT2D eigenvalue weighted by molar-refractivity contribution is 0.102. The van der Waals surface area contributed by atoms with Crippen LogP contribution in [0.4, 0.5) is 46.0 Å². The highest BCUT2D eigenvalue weighted by Crippen LogP contribution is 2.27. The van der Waals surface area contributed by atoms with Crippen molar-refractivity contribution in [2.45, 2.75) is 0 Å². The van der Waals surface area contributed by atoms with Crippen LogP contribution < -0.4 is 33.2 Å². The molecule has 0 saturated carbocycles. The number of fused-ring (bicyclic) bond motifs is 1. The van der Waals surface area contributed by atoms with Crippen molar-refractivity contribution in [1.29, 1.82) is 0 Å². The quantitative estimate of drug-likeness (QED) is 0.152. The van der Waals surface area contributed by atoms with E-state index in [1.807, 2.05) is 48.5 Å². The molecule has 12 heteroatoms. The smallest absolute Gasteiger partial charge is 0.255 e. The van der Waals surface area contributed by atoms with Crippen molar-refractivity contribution < 1.29 is 4.79 Å². The van der Waals surface area contributed by atoms with Gasteiger partial charge >= 0.3 is 0 Å². The van der Waals surface area contributed by atoms with Gasteiger partial charge in [-0.2, -0.15) is 9.97 Å². The van der Waals surface area contributed by atoms with Crippen LogP contribution in [-0.4, -0.2) is 20.9 Å². The number of carbonyl (C=O) groups is 1. The third-order valence-corrected chi connectivity index (χ3v) is 5.37. The zero-order valence-corrected chi connectivity index (χ0v) is 21.5.